The van der Waals surface area contributed by atoms with Gasteiger partial charge in [-0.05, 0) is 43.4 Å². The van der Waals surface area contributed by atoms with E-state index in [1.54, 1.807) is 31.2 Å². The zero-order chi connectivity index (χ0) is 15.4. The Hall–Kier alpha value is -1.34. The first kappa shape index (κ1) is 16.0. The van der Waals surface area contributed by atoms with Gasteiger partial charge in [0.1, 0.15) is 24.1 Å². The second-order valence-corrected chi connectivity index (χ2v) is 4.89. The summed E-state index contributed by atoms with van der Waals surface area (Å²) in [6.45, 7) is 1.69. The summed E-state index contributed by atoms with van der Waals surface area (Å²) in [5.74, 6) is 0.501. The molecule has 0 bridgehead atoms. The number of methoxy groups -OCH3 is 1. The summed E-state index contributed by atoms with van der Waals surface area (Å²) in [7, 11) is 1.42. The highest BCUT2D eigenvalue weighted by Gasteiger charge is 2.44. The van der Waals surface area contributed by atoms with Crippen LogP contribution in [0.3, 0.4) is 0 Å². The highest BCUT2D eigenvalue weighted by Crippen LogP contribution is 2.26. The third-order valence-electron chi connectivity index (χ3n) is 3.32. The van der Waals surface area contributed by atoms with Gasteiger partial charge in [0, 0.05) is 7.11 Å². The first-order chi connectivity index (χ1) is 10.1. The van der Waals surface area contributed by atoms with Crippen molar-refractivity contribution >= 4 is 23.1 Å². The van der Waals surface area contributed by atoms with Gasteiger partial charge in [-0.15, -0.1) is 0 Å². The van der Waals surface area contributed by atoms with Gasteiger partial charge in [0.15, 0.2) is 0 Å². The molecule has 21 heavy (non-hydrogen) atoms. The van der Waals surface area contributed by atoms with Gasteiger partial charge in [0.25, 0.3) is 0 Å². The largest absolute Gasteiger partial charge is 0.462 e. The molecule has 0 aliphatic carbocycles. The molecular formula is C14H17NO5S. The second-order valence-electron chi connectivity index (χ2n) is 4.71. The summed E-state index contributed by atoms with van der Waals surface area (Å²) in [4.78, 5) is 3.83. The van der Waals surface area contributed by atoms with Crippen LogP contribution >= 0.6 is 12.2 Å². The Morgan fingerprint density at radius 3 is 2.48 bits per heavy atom. The summed E-state index contributed by atoms with van der Waals surface area (Å²) in [5.41, 5.74) is 0.654. The molecule has 0 spiro atoms. The molecule has 2 N–H and O–H groups in total. The summed E-state index contributed by atoms with van der Waals surface area (Å²) in [6.07, 6.45) is -4.21. The zero-order valence-corrected chi connectivity index (χ0v) is 12.5. The predicted molar refractivity (Wildman–Crippen MR) is 78.9 cm³/mol. The smallest absolute Gasteiger partial charge is 0.229 e. The normalized spacial score (nSPS) is 32.3. The van der Waals surface area contributed by atoms with Crippen molar-refractivity contribution in [1.29, 1.82) is 0 Å². The summed E-state index contributed by atoms with van der Waals surface area (Å²) >= 11 is 4.52. The Kier molecular flexibility index (Phi) is 5.41. The third kappa shape index (κ3) is 3.65. The van der Waals surface area contributed by atoms with E-state index < -0.39 is 30.7 Å². The van der Waals surface area contributed by atoms with Crippen LogP contribution in [0.5, 0.6) is 5.75 Å². The fourth-order valence-electron chi connectivity index (χ4n) is 2.16. The number of thiocarbonyl (C=S) groups is 1. The van der Waals surface area contributed by atoms with E-state index in [1.807, 2.05) is 0 Å². The van der Waals surface area contributed by atoms with Crippen LogP contribution in [0.15, 0.2) is 29.3 Å². The Labute approximate surface area is 128 Å². The third-order valence-corrected chi connectivity index (χ3v) is 3.41. The number of aliphatic imine (C=N–C) groups is 1. The standard InChI is InChI=1S/C14H17NO5S/c1-8-11(16)13(18-2)12(17)14(19-8)20-10-5-3-9(4-6-10)15-7-21/h3-6,8,11-14,16-17H,1-2H3/t8-,11+,12-,13+,14+/m0/s1. The molecule has 114 valence electrons. The van der Waals surface area contributed by atoms with Crippen molar-refractivity contribution < 1.29 is 24.4 Å². The van der Waals surface area contributed by atoms with Crippen molar-refractivity contribution in [1.82, 2.24) is 0 Å². The van der Waals surface area contributed by atoms with E-state index in [1.165, 1.54) is 7.11 Å². The molecule has 1 aliphatic heterocycles. The van der Waals surface area contributed by atoms with Crippen LogP contribution in [0.2, 0.25) is 0 Å². The van der Waals surface area contributed by atoms with Crippen LogP contribution in [-0.4, -0.2) is 53.2 Å². The van der Waals surface area contributed by atoms with Gasteiger partial charge < -0.3 is 24.4 Å². The monoisotopic (exact) mass is 311 g/mol. The molecule has 6 nitrogen and oxygen atoms in total. The first-order valence-corrected chi connectivity index (χ1v) is 6.86. The molecule has 1 aromatic rings. The lowest BCUT2D eigenvalue weighted by atomic mass is 10.00. The predicted octanol–water partition coefficient (Wildman–Crippen LogP) is 1.28. The molecule has 0 aromatic heterocycles. The highest BCUT2D eigenvalue weighted by molar-refractivity contribution is 7.78. The maximum Gasteiger partial charge on any atom is 0.229 e. The molecule has 5 atom stereocenters. The van der Waals surface area contributed by atoms with Gasteiger partial charge in [-0.1, -0.05) is 0 Å². The SMILES string of the molecule is CO[C@H]1[C@H](O)[C@@H](Oc2ccc(N=C=S)cc2)O[C@@H](C)[C@H]1O. The van der Waals surface area contributed by atoms with Gasteiger partial charge in [-0.25, -0.2) is 0 Å². The molecule has 1 aromatic carbocycles. The molecule has 1 fully saturated rings. The van der Waals surface area contributed by atoms with Gasteiger partial charge in [-0.2, -0.15) is 4.99 Å². The Morgan fingerprint density at radius 1 is 1.24 bits per heavy atom. The van der Waals surface area contributed by atoms with Crippen molar-refractivity contribution in [3.63, 3.8) is 0 Å². The van der Waals surface area contributed by atoms with E-state index >= 15 is 0 Å². The van der Waals surface area contributed by atoms with Crippen molar-refractivity contribution in [2.45, 2.75) is 37.6 Å². The topological polar surface area (TPSA) is 80.5 Å². The average Bonchev–Trinajstić information content (AvgIpc) is 2.48. The van der Waals surface area contributed by atoms with Crippen LogP contribution < -0.4 is 4.74 Å². The van der Waals surface area contributed by atoms with Gasteiger partial charge in [0.05, 0.1) is 17.0 Å². The minimum absolute atomic E-state index is 0.501. The highest BCUT2D eigenvalue weighted by atomic mass is 32.1. The molecule has 1 saturated heterocycles. The van der Waals surface area contributed by atoms with Crippen LogP contribution in [0.4, 0.5) is 5.69 Å². The van der Waals surface area contributed by atoms with Crippen molar-refractivity contribution in [3.8, 4) is 5.75 Å². The lowest BCUT2D eigenvalue weighted by molar-refractivity contribution is -0.272. The number of aliphatic hydroxyl groups is 2. The quantitative estimate of drug-likeness (QED) is 0.644. The summed E-state index contributed by atoms with van der Waals surface area (Å²) in [5, 5.41) is 22.3. The number of hydrogen-bond donors (Lipinski definition) is 2. The minimum atomic E-state index is -1.10. The second kappa shape index (κ2) is 7.09. The Balaban J connectivity index is 2.09. The average molecular weight is 311 g/mol. The minimum Gasteiger partial charge on any atom is -0.462 e. The van der Waals surface area contributed by atoms with Gasteiger partial charge >= 0.3 is 0 Å². The number of hydrogen-bond acceptors (Lipinski definition) is 7. The van der Waals surface area contributed by atoms with Crippen LogP contribution in [0.25, 0.3) is 0 Å². The van der Waals surface area contributed by atoms with Crippen molar-refractivity contribution in [3.05, 3.63) is 24.3 Å². The lowest BCUT2D eigenvalue weighted by Crippen LogP contribution is -2.58. The van der Waals surface area contributed by atoms with Gasteiger partial charge in [0.2, 0.25) is 6.29 Å². The number of benzene rings is 1. The van der Waals surface area contributed by atoms with Crippen LogP contribution in [-0.2, 0) is 9.47 Å². The van der Waals surface area contributed by atoms with E-state index in [4.69, 9.17) is 14.2 Å². The van der Waals surface area contributed by atoms with E-state index in [0.29, 0.717) is 11.4 Å². The maximum atomic E-state index is 10.1. The Morgan fingerprint density at radius 2 is 1.90 bits per heavy atom. The molecule has 0 unspecified atom stereocenters. The first-order valence-electron chi connectivity index (χ1n) is 6.45. The number of nitrogens with zero attached hydrogens (tertiary/aromatic N) is 1. The summed E-state index contributed by atoms with van der Waals surface area (Å²) < 4.78 is 16.2. The molecule has 1 heterocycles. The van der Waals surface area contributed by atoms with E-state index in [0.717, 1.165) is 0 Å². The van der Waals surface area contributed by atoms with Crippen LogP contribution in [0, 0.1) is 0 Å². The van der Waals surface area contributed by atoms with E-state index in [-0.39, 0.29) is 0 Å². The number of isothiocyanates is 1. The zero-order valence-electron chi connectivity index (χ0n) is 11.7. The molecule has 0 radical (unpaired) electrons. The maximum absolute atomic E-state index is 10.1. The number of aliphatic hydroxyl groups excluding tert-OH is 2. The molecule has 0 saturated carbocycles. The fourth-order valence-corrected chi connectivity index (χ4v) is 2.26. The molecule has 1 aliphatic rings. The molecule has 0 amide bonds. The fraction of sp³-hybridized carbons (Fsp3) is 0.500. The number of rotatable bonds is 4. The molecule has 2 rings (SSSR count). The molecular weight excluding hydrogens is 294 g/mol. The summed E-state index contributed by atoms with van der Waals surface area (Å²) in [6, 6.07) is 6.77. The van der Waals surface area contributed by atoms with Gasteiger partial charge in [-0.3, -0.25) is 0 Å². The van der Waals surface area contributed by atoms with E-state index in [9.17, 15) is 10.2 Å². The van der Waals surface area contributed by atoms with Crippen LogP contribution in [0.1, 0.15) is 6.92 Å². The Bertz CT molecular complexity index is 517. The van der Waals surface area contributed by atoms with Crippen molar-refractivity contribution in [2.75, 3.05) is 7.11 Å². The molecule has 7 heteroatoms. The lowest BCUT2D eigenvalue weighted by Gasteiger charge is -2.40. The van der Waals surface area contributed by atoms with Crippen molar-refractivity contribution in [2.24, 2.45) is 4.99 Å². The number of ether oxygens (including phenoxy) is 3. The van der Waals surface area contributed by atoms with E-state index in [2.05, 4.69) is 22.4 Å².